The van der Waals surface area contributed by atoms with Crippen molar-refractivity contribution in [1.82, 2.24) is 9.21 Å². The van der Waals surface area contributed by atoms with Gasteiger partial charge in [0.25, 0.3) is 10.0 Å². The van der Waals surface area contributed by atoms with Gasteiger partial charge in [0.15, 0.2) is 0 Å². The molecule has 2 aromatic rings. The minimum Gasteiger partial charge on any atom is -0.447 e. The van der Waals surface area contributed by atoms with E-state index in [1.165, 1.54) is 4.31 Å². The monoisotopic (exact) mass is 417 g/mol. The second kappa shape index (κ2) is 8.69. The standard InChI is InChI=1S/C21H27N3O4S/c25-21(22-18-8-2-1-3-9-18)17-7-6-12-23(15-17)16-19-10-11-20(28-19)29(26,27)24-13-4-5-14-24/h1-3,8-11,17H,4-7,12-16H2,(H,22,25). The Morgan fingerprint density at radius 3 is 2.55 bits per heavy atom. The van der Waals surface area contributed by atoms with Gasteiger partial charge in [-0.05, 0) is 56.5 Å². The number of piperidine rings is 1. The van der Waals surface area contributed by atoms with Gasteiger partial charge in [-0.3, -0.25) is 9.69 Å². The molecule has 2 aliphatic heterocycles. The van der Waals surface area contributed by atoms with E-state index in [9.17, 15) is 13.2 Å². The van der Waals surface area contributed by atoms with Crippen LogP contribution in [0, 0.1) is 5.92 Å². The summed E-state index contributed by atoms with van der Waals surface area (Å²) in [7, 11) is -3.53. The van der Waals surface area contributed by atoms with Crippen LogP contribution >= 0.6 is 0 Å². The van der Waals surface area contributed by atoms with Crippen molar-refractivity contribution in [2.75, 3.05) is 31.5 Å². The molecule has 1 atom stereocenters. The molecule has 0 saturated carbocycles. The second-order valence-corrected chi connectivity index (χ2v) is 9.63. The minimum atomic E-state index is -3.53. The van der Waals surface area contributed by atoms with Crippen molar-refractivity contribution >= 4 is 21.6 Å². The average Bonchev–Trinajstić information content (AvgIpc) is 3.42. The van der Waals surface area contributed by atoms with E-state index < -0.39 is 10.0 Å². The first-order valence-electron chi connectivity index (χ1n) is 10.2. The molecule has 156 valence electrons. The number of nitrogens with zero attached hydrogens (tertiary/aromatic N) is 2. The van der Waals surface area contributed by atoms with Crippen LogP contribution in [-0.4, -0.2) is 49.7 Å². The predicted octanol–water partition coefficient (Wildman–Crippen LogP) is 2.91. The van der Waals surface area contributed by atoms with Crippen LogP contribution in [0.4, 0.5) is 5.69 Å². The summed E-state index contributed by atoms with van der Waals surface area (Å²) in [4.78, 5) is 14.8. The van der Waals surface area contributed by atoms with E-state index in [4.69, 9.17) is 4.42 Å². The van der Waals surface area contributed by atoms with Crippen LogP contribution in [0.1, 0.15) is 31.4 Å². The zero-order valence-electron chi connectivity index (χ0n) is 16.4. The Labute approximate surface area is 171 Å². The maximum Gasteiger partial charge on any atom is 0.276 e. The van der Waals surface area contributed by atoms with Crippen molar-refractivity contribution in [3.8, 4) is 0 Å². The van der Waals surface area contributed by atoms with E-state index in [-0.39, 0.29) is 16.9 Å². The number of nitrogens with one attached hydrogen (secondary N) is 1. The highest BCUT2D eigenvalue weighted by Crippen LogP contribution is 2.25. The number of benzene rings is 1. The number of likely N-dealkylation sites (tertiary alicyclic amines) is 1. The van der Waals surface area contributed by atoms with E-state index in [1.54, 1.807) is 12.1 Å². The zero-order chi connectivity index (χ0) is 20.3. The zero-order valence-corrected chi connectivity index (χ0v) is 17.2. The average molecular weight is 418 g/mol. The SMILES string of the molecule is O=C(Nc1ccccc1)C1CCCN(Cc2ccc(S(=O)(=O)N3CCCC3)o2)C1. The summed E-state index contributed by atoms with van der Waals surface area (Å²) in [6.07, 6.45) is 3.56. The number of carbonyl (C=O) groups is 1. The maximum absolute atomic E-state index is 12.6. The Kier molecular flexibility index (Phi) is 6.03. The molecule has 0 bridgehead atoms. The van der Waals surface area contributed by atoms with Crippen molar-refractivity contribution in [2.45, 2.75) is 37.3 Å². The molecule has 1 amide bonds. The van der Waals surface area contributed by atoms with Gasteiger partial charge in [0.05, 0.1) is 12.5 Å². The molecule has 4 rings (SSSR count). The summed E-state index contributed by atoms with van der Waals surface area (Å²) in [5.41, 5.74) is 0.803. The topological polar surface area (TPSA) is 82.9 Å². The molecular weight excluding hydrogens is 390 g/mol. The maximum atomic E-state index is 12.6. The molecule has 1 unspecified atom stereocenters. The fourth-order valence-corrected chi connectivity index (χ4v) is 5.48. The van der Waals surface area contributed by atoms with Crippen LogP contribution in [0.3, 0.4) is 0 Å². The summed E-state index contributed by atoms with van der Waals surface area (Å²) in [5.74, 6) is 0.552. The van der Waals surface area contributed by atoms with E-state index in [0.717, 1.165) is 37.9 Å². The molecule has 0 radical (unpaired) electrons. The quantitative estimate of drug-likeness (QED) is 0.781. The van der Waals surface area contributed by atoms with Crippen molar-refractivity contribution in [1.29, 1.82) is 0 Å². The van der Waals surface area contributed by atoms with Gasteiger partial charge in [-0.1, -0.05) is 18.2 Å². The number of anilines is 1. The Hall–Kier alpha value is -2.16. The summed E-state index contributed by atoms with van der Waals surface area (Å²) in [6.45, 7) is 3.12. The molecule has 1 aromatic heterocycles. The Morgan fingerprint density at radius 1 is 1.03 bits per heavy atom. The lowest BCUT2D eigenvalue weighted by Gasteiger charge is -2.31. The van der Waals surface area contributed by atoms with Crippen LogP contribution in [0.15, 0.2) is 52.0 Å². The lowest BCUT2D eigenvalue weighted by Crippen LogP contribution is -2.40. The van der Waals surface area contributed by atoms with Crippen LogP contribution in [0.5, 0.6) is 0 Å². The first kappa shape index (κ1) is 20.1. The molecule has 7 nitrogen and oxygen atoms in total. The van der Waals surface area contributed by atoms with Crippen molar-refractivity contribution in [2.24, 2.45) is 5.92 Å². The summed E-state index contributed by atoms with van der Waals surface area (Å²) >= 11 is 0. The van der Waals surface area contributed by atoms with Crippen LogP contribution in [0.2, 0.25) is 0 Å². The Morgan fingerprint density at radius 2 is 1.79 bits per heavy atom. The molecule has 0 aliphatic carbocycles. The summed E-state index contributed by atoms with van der Waals surface area (Å²) < 4.78 is 32.4. The number of hydrogen-bond donors (Lipinski definition) is 1. The van der Waals surface area contributed by atoms with Crippen LogP contribution in [-0.2, 0) is 21.4 Å². The Balaban J connectivity index is 1.36. The predicted molar refractivity (Wildman–Crippen MR) is 110 cm³/mol. The normalized spacial score (nSPS) is 21.3. The number of furan rings is 1. The highest BCUT2D eigenvalue weighted by atomic mass is 32.2. The molecule has 8 heteroatoms. The molecule has 2 fully saturated rings. The van der Waals surface area contributed by atoms with E-state index in [2.05, 4.69) is 10.2 Å². The smallest absolute Gasteiger partial charge is 0.276 e. The highest BCUT2D eigenvalue weighted by Gasteiger charge is 2.31. The molecule has 29 heavy (non-hydrogen) atoms. The van der Waals surface area contributed by atoms with Gasteiger partial charge in [-0.15, -0.1) is 0 Å². The minimum absolute atomic E-state index is 0.0183. The van der Waals surface area contributed by atoms with Crippen LogP contribution < -0.4 is 5.32 Å². The third-order valence-electron chi connectivity index (χ3n) is 5.59. The van der Waals surface area contributed by atoms with Gasteiger partial charge < -0.3 is 9.73 Å². The van der Waals surface area contributed by atoms with E-state index in [0.29, 0.717) is 31.9 Å². The fourth-order valence-electron chi connectivity index (χ4n) is 4.04. The van der Waals surface area contributed by atoms with Gasteiger partial charge in [0.1, 0.15) is 5.76 Å². The van der Waals surface area contributed by atoms with Gasteiger partial charge in [-0.25, -0.2) is 8.42 Å². The number of hydrogen-bond acceptors (Lipinski definition) is 5. The fraction of sp³-hybridized carbons (Fsp3) is 0.476. The van der Waals surface area contributed by atoms with Gasteiger partial charge in [-0.2, -0.15) is 4.31 Å². The van der Waals surface area contributed by atoms with Crippen molar-refractivity contribution in [3.05, 3.63) is 48.2 Å². The van der Waals surface area contributed by atoms with E-state index in [1.807, 2.05) is 30.3 Å². The third kappa shape index (κ3) is 4.71. The second-order valence-electron chi connectivity index (χ2n) is 7.76. The van der Waals surface area contributed by atoms with E-state index >= 15 is 0 Å². The van der Waals surface area contributed by atoms with Gasteiger partial charge in [0, 0.05) is 25.3 Å². The lowest BCUT2D eigenvalue weighted by molar-refractivity contribution is -0.121. The molecular formula is C21H27N3O4S. The molecule has 1 N–H and O–H groups in total. The first-order valence-corrected chi connectivity index (χ1v) is 11.6. The number of rotatable bonds is 6. The number of amides is 1. The van der Waals surface area contributed by atoms with Crippen molar-refractivity contribution in [3.63, 3.8) is 0 Å². The number of para-hydroxylation sites is 1. The van der Waals surface area contributed by atoms with Gasteiger partial charge in [0.2, 0.25) is 11.0 Å². The number of sulfonamides is 1. The third-order valence-corrected chi connectivity index (χ3v) is 7.37. The van der Waals surface area contributed by atoms with Crippen molar-refractivity contribution < 1.29 is 17.6 Å². The summed E-state index contributed by atoms with van der Waals surface area (Å²) in [6, 6.07) is 12.7. The molecule has 1 aromatic carbocycles. The van der Waals surface area contributed by atoms with Crippen LogP contribution in [0.25, 0.3) is 0 Å². The summed E-state index contributed by atoms with van der Waals surface area (Å²) in [5, 5.41) is 3.00. The molecule has 0 spiro atoms. The Bertz CT molecular complexity index is 936. The highest BCUT2D eigenvalue weighted by molar-refractivity contribution is 7.89. The lowest BCUT2D eigenvalue weighted by atomic mass is 9.97. The molecule has 3 heterocycles. The van der Waals surface area contributed by atoms with Gasteiger partial charge >= 0.3 is 0 Å². The largest absolute Gasteiger partial charge is 0.447 e. The molecule has 2 aliphatic rings. The number of carbonyl (C=O) groups excluding carboxylic acids is 1. The molecule has 2 saturated heterocycles. The first-order chi connectivity index (χ1) is 14.0.